The van der Waals surface area contributed by atoms with Crippen LogP contribution in [0.5, 0.6) is 0 Å². The van der Waals surface area contributed by atoms with Gasteiger partial charge in [0.15, 0.2) is 5.65 Å². The lowest BCUT2D eigenvalue weighted by molar-refractivity contribution is -0.126. The number of fused-ring (bicyclic) bond motifs is 1. The van der Waals surface area contributed by atoms with Crippen LogP contribution >= 0.6 is 11.6 Å². The van der Waals surface area contributed by atoms with Gasteiger partial charge in [-0.15, -0.1) is 0 Å². The summed E-state index contributed by atoms with van der Waals surface area (Å²) in [6.07, 6.45) is 7.27. The molecule has 1 aliphatic heterocycles. The van der Waals surface area contributed by atoms with Crippen LogP contribution in [0.3, 0.4) is 0 Å². The van der Waals surface area contributed by atoms with Crippen LogP contribution in [-0.4, -0.2) is 51.5 Å². The predicted octanol–water partition coefficient (Wildman–Crippen LogP) is 6.41. The maximum atomic E-state index is 12.9. The Balaban J connectivity index is 1.30. The Kier molecular flexibility index (Phi) is 6.86. The number of aryl methyl sites for hydroxylation is 1. The van der Waals surface area contributed by atoms with Crippen LogP contribution < -0.4 is 4.90 Å². The summed E-state index contributed by atoms with van der Waals surface area (Å²) in [5, 5.41) is 1.70. The van der Waals surface area contributed by atoms with Crippen molar-refractivity contribution in [1.29, 1.82) is 0 Å². The van der Waals surface area contributed by atoms with E-state index in [1.165, 1.54) is 5.56 Å². The van der Waals surface area contributed by atoms with Crippen molar-refractivity contribution in [2.45, 2.75) is 6.92 Å². The molecule has 3 aromatic carbocycles. The Morgan fingerprint density at radius 1 is 0.897 bits per heavy atom. The lowest BCUT2D eigenvalue weighted by Crippen LogP contribution is -2.48. The first kappa shape index (κ1) is 24.9. The van der Waals surface area contributed by atoms with Crippen molar-refractivity contribution in [1.82, 2.24) is 19.4 Å². The van der Waals surface area contributed by atoms with Crippen LogP contribution in [-0.2, 0) is 4.79 Å². The first-order chi connectivity index (χ1) is 19.1. The zero-order chi connectivity index (χ0) is 26.8. The molecule has 0 unspecified atom stereocenters. The molecular formula is C32H28ClN5O. The molecule has 0 spiro atoms. The van der Waals surface area contributed by atoms with Gasteiger partial charge < -0.3 is 14.4 Å². The fourth-order valence-corrected chi connectivity index (χ4v) is 5.21. The Morgan fingerprint density at radius 2 is 1.67 bits per heavy atom. The van der Waals surface area contributed by atoms with Crippen molar-refractivity contribution >= 4 is 40.4 Å². The van der Waals surface area contributed by atoms with Crippen molar-refractivity contribution in [3.05, 3.63) is 114 Å². The molecule has 3 heterocycles. The highest BCUT2D eigenvalue weighted by Gasteiger charge is 2.25. The van der Waals surface area contributed by atoms with E-state index in [1.54, 1.807) is 12.4 Å². The minimum atomic E-state index is 0.00742. The number of carbonyl (C=O) groups is 1. The highest BCUT2D eigenvalue weighted by atomic mass is 35.5. The molecule has 7 heteroatoms. The van der Waals surface area contributed by atoms with Crippen LogP contribution in [0, 0.1) is 6.92 Å². The zero-order valence-corrected chi connectivity index (χ0v) is 22.4. The predicted molar refractivity (Wildman–Crippen MR) is 158 cm³/mol. The van der Waals surface area contributed by atoms with Gasteiger partial charge in [0.1, 0.15) is 12.1 Å². The zero-order valence-electron chi connectivity index (χ0n) is 21.7. The summed E-state index contributed by atoms with van der Waals surface area (Å²) in [4.78, 5) is 26.5. The van der Waals surface area contributed by atoms with Gasteiger partial charge in [0.2, 0.25) is 5.91 Å². The van der Waals surface area contributed by atoms with Gasteiger partial charge in [-0.2, -0.15) is 0 Å². The van der Waals surface area contributed by atoms with Crippen molar-refractivity contribution in [3.8, 4) is 16.8 Å². The number of halogens is 1. The van der Waals surface area contributed by atoms with Gasteiger partial charge in [0.25, 0.3) is 0 Å². The van der Waals surface area contributed by atoms with Gasteiger partial charge in [-0.25, -0.2) is 9.97 Å². The highest BCUT2D eigenvalue weighted by Crippen LogP contribution is 2.37. The van der Waals surface area contributed by atoms with E-state index in [1.807, 2.05) is 41.3 Å². The molecule has 5 aromatic rings. The molecule has 0 N–H and O–H groups in total. The third-order valence-electron chi connectivity index (χ3n) is 7.11. The number of benzene rings is 3. The second-order valence-electron chi connectivity index (χ2n) is 9.71. The van der Waals surface area contributed by atoms with Gasteiger partial charge in [-0.1, -0.05) is 66.2 Å². The quantitative estimate of drug-likeness (QED) is 0.245. The highest BCUT2D eigenvalue weighted by molar-refractivity contribution is 6.30. The van der Waals surface area contributed by atoms with Crippen LogP contribution in [0.25, 0.3) is 33.9 Å². The van der Waals surface area contributed by atoms with E-state index >= 15 is 0 Å². The lowest BCUT2D eigenvalue weighted by atomic mass is 10.1. The fourth-order valence-electron chi connectivity index (χ4n) is 5.08. The summed E-state index contributed by atoms with van der Waals surface area (Å²) >= 11 is 5.97. The molecule has 0 saturated carbocycles. The van der Waals surface area contributed by atoms with Crippen LogP contribution in [0.4, 0.5) is 5.82 Å². The number of nitrogens with zero attached hydrogens (tertiary/aromatic N) is 5. The topological polar surface area (TPSA) is 54.3 Å². The van der Waals surface area contributed by atoms with E-state index in [0.29, 0.717) is 31.2 Å². The van der Waals surface area contributed by atoms with Crippen molar-refractivity contribution < 1.29 is 4.79 Å². The molecule has 1 saturated heterocycles. The maximum absolute atomic E-state index is 12.9. The Morgan fingerprint density at radius 3 is 2.41 bits per heavy atom. The van der Waals surface area contributed by atoms with E-state index in [-0.39, 0.29) is 5.91 Å². The van der Waals surface area contributed by atoms with E-state index in [2.05, 4.69) is 71.1 Å². The summed E-state index contributed by atoms with van der Waals surface area (Å²) in [6.45, 7) is 4.72. The molecule has 39 heavy (non-hydrogen) atoms. The molecule has 1 amide bonds. The molecule has 0 radical (unpaired) electrons. The van der Waals surface area contributed by atoms with Crippen LogP contribution in [0.1, 0.15) is 11.1 Å². The van der Waals surface area contributed by atoms with Crippen LogP contribution in [0.2, 0.25) is 5.02 Å². The van der Waals surface area contributed by atoms with E-state index < -0.39 is 0 Å². The van der Waals surface area contributed by atoms with Crippen molar-refractivity contribution in [3.63, 3.8) is 0 Å². The summed E-state index contributed by atoms with van der Waals surface area (Å²) in [5.41, 5.74) is 6.28. The molecule has 6 rings (SSSR count). The number of hydrogen-bond acceptors (Lipinski definition) is 4. The number of hydrogen-bond donors (Lipinski definition) is 0. The molecule has 2 aromatic heterocycles. The number of aromatic nitrogens is 3. The molecular weight excluding hydrogens is 506 g/mol. The summed E-state index contributed by atoms with van der Waals surface area (Å²) in [6, 6.07) is 26.2. The van der Waals surface area contributed by atoms with Crippen LogP contribution in [0.15, 0.2) is 97.5 Å². The minimum Gasteiger partial charge on any atom is -0.352 e. The van der Waals surface area contributed by atoms with E-state index in [0.717, 1.165) is 39.2 Å². The Bertz CT molecular complexity index is 1650. The molecule has 1 fully saturated rings. The Labute approximate surface area is 232 Å². The second-order valence-corrected chi connectivity index (χ2v) is 10.1. The second kappa shape index (κ2) is 10.8. The number of amides is 1. The number of piperazine rings is 1. The summed E-state index contributed by atoms with van der Waals surface area (Å²) in [5.74, 6) is 0.905. The molecule has 0 atom stereocenters. The SMILES string of the molecule is Cc1cccc(-n2cc(-c3ccccc3)c3c(N4CCN(C(=O)/C=C/c5ccc(Cl)cc5)CC4)ncnc32)c1. The molecule has 0 bridgehead atoms. The van der Waals surface area contributed by atoms with E-state index in [4.69, 9.17) is 21.6 Å². The molecule has 0 aliphatic carbocycles. The standard InChI is InChI=1S/C32H28ClN5O/c1-23-6-5-9-27(20-23)38-21-28(25-7-3-2-4-8-25)30-31(34-22-35-32(30)38)37-18-16-36(17-19-37)29(39)15-12-24-10-13-26(33)14-11-24/h2-15,20-22H,16-19H2,1H3/b15-12+. The molecule has 1 aliphatic rings. The summed E-state index contributed by atoms with van der Waals surface area (Å²) < 4.78 is 2.15. The normalized spacial score (nSPS) is 13.9. The average molecular weight is 534 g/mol. The summed E-state index contributed by atoms with van der Waals surface area (Å²) in [7, 11) is 0. The number of carbonyl (C=O) groups excluding carboxylic acids is 1. The van der Waals surface area contributed by atoms with E-state index in [9.17, 15) is 4.79 Å². The Hall–Kier alpha value is -4.42. The molecule has 6 nitrogen and oxygen atoms in total. The monoisotopic (exact) mass is 533 g/mol. The first-order valence-electron chi connectivity index (χ1n) is 13.0. The smallest absolute Gasteiger partial charge is 0.246 e. The first-order valence-corrected chi connectivity index (χ1v) is 13.4. The number of rotatable bonds is 5. The average Bonchev–Trinajstić information content (AvgIpc) is 3.37. The van der Waals surface area contributed by atoms with Crippen molar-refractivity contribution in [2.75, 3.05) is 31.1 Å². The van der Waals surface area contributed by atoms with Gasteiger partial charge in [0.05, 0.1) is 5.39 Å². The third kappa shape index (κ3) is 5.16. The fraction of sp³-hybridized carbons (Fsp3) is 0.156. The largest absolute Gasteiger partial charge is 0.352 e. The lowest BCUT2D eigenvalue weighted by Gasteiger charge is -2.35. The third-order valence-corrected chi connectivity index (χ3v) is 7.36. The van der Waals surface area contributed by atoms with Gasteiger partial charge in [0, 0.05) is 54.7 Å². The molecule has 194 valence electrons. The van der Waals surface area contributed by atoms with Gasteiger partial charge in [-0.3, -0.25) is 4.79 Å². The maximum Gasteiger partial charge on any atom is 0.246 e. The number of anilines is 1. The van der Waals surface area contributed by atoms with Gasteiger partial charge >= 0.3 is 0 Å². The minimum absolute atomic E-state index is 0.00742. The van der Waals surface area contributed by atoms with Gasteiger partial charge in [-0.05, 0) is 54.0 Å². The van der Waals surface area contributed by atoms with Crippen molar-refractivity contribution in [2.24, 2.45) is 0 Å².